The van der Waals surface area contributed by atoms with Gasteiger partial charge >= 0.3 is 0 Å². The Balaban J connectivity index is 2.14. The van der Waals surface area contributed by atoms with E-state index in [1.54, 1.807) is 12.1 Å². The number of oxime groups is 1. The largest absolute Gasteiger partial charge is 0.410 e. The Bertz CT molecular complexity index is 671. The van der Waals surface area contributed by atoms with Gasteiger partial charge in [0.25, 0.3) is 5.91 Å². The van der Waals surface area contributed by atoms with Crippen LogP contribution in [0.5, 0.6) is 0 Å². The van der Waals surface area contributed by atoms with Crippen LogP contribution in [0.4, 0.5) is 5.69 Å². The van der Waals surface area contributed by atoms with Crippen molar-refractivity contribution in [2.24, 2.45) is 5.16 Å². The number of anilines is 1. The lowest BCUT2D eigenvalue weighted by molar-refractivity contribution is -0.110. The van der Waals surface area contributed by atoms with Crippen LogP contribution in [0.2, 0.25) is 0 Å². The van der Waals surface area contributed by atoms with Gasteiger partial charge in [-0.3, -0.25) is 4.79 Å². The second-order valence-corrected chi connectivity index (χ2v) is 3.96. The fourth-order valence-corrected chi connectivity index (χ4v) is 1.69. The van der Waals surface area contributed by atoms with Crippen molar-refractivity contribution in [3.05, 3.63) is 54.6 Å². The van der Waals surface area contributed by atoms with Gasteiger partial charge in [0.1, 0.15) is 6.07 Å². The molecule has 0 aromatic heterocycles. The maximum Gasteiger partial charge on any atom is 0.288 e. The monoisotopic (exact) mass is 265 g/mol. The molecule has 2 rings (SSSR count). The lowest BCUT2D eigenvalue weighted by atomic mass is 10.1. The fraction of sp³-hybridized carbons (Fsp3) is 0. The van der Waals surface area contributed by atoms with Crippen LogP contribution in [0.25, 0.3) is 11.1 Å². The molecular formula is C15H11N3O2. The molecule has 0 bridgehead atoms. The molecule has 5 nitrogen and oxygen atoms in total. The number of nitrogens with one attached hydrogen (secondary N) is 1. The molecule has 0 heterocycles. The second-order valence-electron chi connectivity index (χ2n) is 3.96. The van der Waals surface area contributed by atoms with Gasteiger partial charge in [-0.05, 0) is 23.3 Å². The van der Waals surface area contributed by atoms with E-state index in [0.29, 0.717) is 5.69 Å². The van der Waals surface area contributed by atoms with Crippen LogP contribution in [-0.2, 0) is 4.79 Å². The van der Waals surface area contributed by atoms with Crippen LogP contribution in [0.15, 0.2) is 59.8 Å². The second kappa shape index (κ2) is 6.16. The third-order valence-electron chi connectivity index (χ3n) is 2.67. The Morgan fingerprint density at radius 2 is 1.65 bits per heavy atom. The smallest absolute Gasteiger partial charge is 0.288 e. The third-order valence-corrected chi connectivity index (χ3v) is 2.67. The Labute approximate surface area is 115 Å². The minimum Gasteiger partial charge on any atom is -0.410 e. The number of amides is 1. The van der Waals surface area contributed by atoms with E-state index < -0.39 is 11.6 Å². The van der Waals surface area contributed by atoms with Gasteiger partial charge in [0.05, 0.1) is 0 Å². The van der Waals surface area contributed by atoms with Gasteiger partial charge < -0.3 is 10.5 Å². The minimum absolute atomic E-state index is 0.520. The van der Waals surface area contributed by atoms with E-state index in [0.717, 1.165) is 11.1 Å². The summed E-state index contributed by atoms with van der Waals surface area (Å²) in [5, 5.41) is 22.1. The predicted octanol–water partition coefficient (Wildman–Crippen LogP) is 2.65. The zero-order valence-corrected chi connectivity index (χ0v) is 10.4. The number of hydrogen-bond donors (Lipinski definition) is 2. The first-order valence-corrected chi connectivity index (χ1v) is 5.83. The third kappa shape index (κ3) is 3.00. The molecular weight excluding hydrogens is 254 g/mol. The SMILES string of the molecule is N#C/C(=N\O)C(=O)Nc1ccc(-c2ccccc2)cc1. The molecule has 0 unspecified atom stereocenters. The summed E-state index contributed by atoms with van der Waals surface area (Å²) in [5.41, 5.74) is 2.02. The summed E-state index contributed by atoms with van der Waals surface area (Å²) in [4.78, 5) is 11.5. The lowest BCUT2D eigenvalue weighted by Crippen LogP contribution is -2.21. The number of rotatable bonds is 3. The molecule has 0 aliphatic carbocycles. The normalized spacial score (nSPS) is 10.7. The average molecular weight is 265 g/mol. The van der Waals surface area contributed by atoms with E-state index in [2.05, 4.69) is 10.5 Å². The van der Waals surface area contributed by atoms with Crippen LogP contribution in [-0.4, -0.2) is 16.8 Å². The molecule has 0 aliphatic rings. The van der Waals surface area contributed by atoms with Crippen molar-refractivity contribution in [2.45, 2.75) is 0 Å². The highest BCUT2D eigenvalue weighted by molar-refractivity contribution is 6.48. The molecule has 20 heavy (non-hydrogen) atoms. The molecule has 0 spiro atoms. The summed E-state index contributed by atoms with van der Waals surface area (Å²) in [6.45, 7) is 0. The molecule has 0 atom stereocenters. The molecule has 2 aromatic rings. The summed E-state index contributed by atoms with van der Waals surface area (Å²) >= 11 is 0. The maximum absolute atomic E-state index is 11.5. The molecule has 98 valence electrons. The minimum atomic E-state index is -0.748. The topological polar surface area (TPSA) is 85.5 Å². The van der Waals surface area contributed by atoms with Crippen molar-refractivity contribution in [1.29, 1.82) is 5.26 Å². The molecule has 0 aliphatic heterocycles. The van der Waals surface area contributed by atoms with Gasteiger partial charge in [-0.2, -0.15) is 5.26 Å². The first kappa shape index (κ1) is 13.3. The quantitative estimate of drug-likeness (QED) is 0.508. The molecule has 0 fully saturated rings. The van der Waals surface area contributed by atoms with Gasteiger partial charge in [-0.25, -0.2) is 0 Å². The number of nitrogens with zero attached hydrogens (tertiary/aromatic N) is 2. The van der Waals surface area contributed by atoms with Gasteiger partial charge in [0.2, 0.25) is 5.71 Å². The average Bonchev–Trinajstić information content (AvgIpc) is 2.50. The zero-order chi connectivity index (χ0) is 14.4. The number of carbonyl (C=O) groups is 1. The lowest BCUT2D eigenvalue weighted by Gasteiger charge is -2.05. The van der Waals surface area contributed by atoms with Crippen molar-refractivity contribution >= 4 is 17.3 Å². The Morgan fingerprint density at radius 3 is 2.20 bits per heavy atom. The standard InChI is InChI=1S/C15H11N3O2/c16-10-14(18-20)15(19)17-13-8-6-12(7-9-13)11-4-2-1-3-5-11/h1-9,20H,(H,17,19)/b18-14+. The Morgan fingerprint density at radius 1 is 1.05 bits per heavy atom. The molecule has 5 heteroatoms. The number of carbonyl (C=O) groups excluding carboxylic acids is 1. The van der Waals surface area contributed by atoms with Gasteiger partial charge in [-0.15, -0.1) is 0 Å². The van der Waals surface area contributed by atoms with Gasteiger partial charge in [0, 0.05) is 5.69 Å². The van der Waals surface area contributed by atoms with E-state index in [1.807, 2.05) is 42.5 Å². The highest BCUT2D eigenvalue weighted by Crippen LogP contribution is 2.20. The molecule has 0 saturated heterocycles. The van der Waals surface area contributed by atoms with Crippen molar-refractivity contribution < 1.29 is 10.0 Å². The molecule has 0 saturated carbocycles. The Hall–Kier alpha value is -3.13. The van der Waals surface area contributed by atoms with Crippen LogP contribution < -0.4 is 5.32 Å². The van der Waals surface area contributed by atoms with Crippen LogP contribution >= 0.6 is 0 Å². The molecule has 2 N–H and O–H groups in total. The first-order valence-electron chi connectivity index (χ1n) is 5.83. The fourth-order valence-electron chi connectivity index (χ4n) is 1.69. The van der Waals surface area contributed by atoms with Crippen molar-refractivity contribution in [2.75, 3.05) is 5.32 Å². The summed E-state index contributed by atoms with van der Waals surface area (Å²) < 4.78 is 0. The van der Waals surface area contributed by atoms with E-state index in [1.165, 1.54) is 6.07 Å². The first-order chi connectivity index (χ1) is 9.74. The summed E-state index contributed by atoms with van der Waals surface area (Å²) in [5.74, 6) is -0.748. The zero-order valence-electron chi connectivity index (χ0n) is 10.4. The van der Waals surface area contributed by atoms with E-state index in [4.69, 9.17) is 10.5 Å². The van der Waals surface area contributed by atoms with Crippen molar-refractivity contribution in [3.63, 3.8) is 0 Å². The van der Waals surface area contributed by atoms with Crippen molar-refractivity contribution in [3.8, 4) is 17.2 Å². The number of nitriles is 1. The van der Waals surface area contributed by atoms with E-state index >= 15 is 0 Å². The Kier molecular flexibility index (Phi) is 4.10. The maximum atomic E-state index is 11.5. The van der Waals surface area contributed by atoms with Crippen LogP contribution in [0, 0.1) is 11.3 Å². The number of hydrogen-bond acceptors (Lipinski definition) is 4. The highest BCUT2D eigenvalue weighted by atomic mass is 16.4. The number of benzene rings is 2. The predicted molar refractivity (Wildman–Crippen MR) is 75.3 cm³/mol. The molecule has 1 amide bonds. The summed E-state index contributed by atoms with van der Waals surface area (Å²) in [7, 11) is 0. The molecule has 2 aromatic carbocycles. The van der Waals surface area contributed by atoms with Gasteiger partial charge in [0.15, 0.2) is 0 Å². The van der Waals surface area contributed by atoms with Crippen molar-refractivity contribution in [1.82, 2.24) is 0 Å². The van der Waals surface area contributed by atoms with E-state index in [9.17, 15) is 4.79 Å². The van der Waals surface area contributed by atoms with Crippen LogP contribution in [0.3, 0.4) is 0 Å². The van der Waals surface area contributed by atoms with E-state index in [-0.39, 0.29) is 0 Å². The highest BCUT2D eigenvalue weighted by Gasteiger charge is 2.11. The van der Waals surface area contributed by atoms with Gasteiger partial charge in [-0.1, -0.05) is 47.6 Å². The summed E-state index contributed by atoms with van der Waals surface area (Å²) in [6, 6.07) is 18.4. The molecule has 0 radical (unpaired) electrons. The summed E-state index contributed by atoms with van der Waals surface area (Å²) in [6.07, 6.45) is 0. The van der Waals surface area contributed by atoms with Crippen LogP contribution in [0.1, 0.15) is 0 Å².